The van der Waals surface area contributed by atoms with Crippen LogP contribution in [0.25, 0.3) is 0 Å². The number of rotatable bonds is 2. The van der Waals surface area contributed by atoms with E-state index in [9.17, 15) is 9.59 Å². The van der Waals surface area contributed by atoms with E-state index < -0.39 is 5.97 Å². The molecule has 1 unspecified atom stereocenters. The van der Waals surface area contributed by atoms with E-state index in [1.54, 1.807) is 0 Å². The summed E-state index contributed by atoms with van der Waals surface area (Å²) in [5, 5.41) is 10.8. The van der Waals surface area contributed by atoms with E-state index in [0.717, 1.165) is 0 Å². The Hall–Kier alpha value is -1.10. The molecule has 11 heavy (non-hydrogen) atoms. The number of carbonyl (C=O) groups excluding carboxylic acids is 1. The van der Waals surface area contributed by atoms with Crippen LogP contribution in [0.1, 0.15) is 6.42 Å². The fourth-order valence-corrected chi connectivity index (χ4v) is 0.926. The largest absolute Gasteiger partial charge is 0.481 e. The molecule has 1 rings (SSSR count). The monoisotopic (exact) mass is 159 g/mol. The first kappa shape index (κ1) is 8.00. The predicted octanol–water partition coefficient (Wildman–Crippen LogP) is -1.02. The van der Waals surface area contributed by atoms with E-state index in [1.165, 1.54) is 0 Å². The van der Waals surface area contributed by atoms with Crippen LogP contribution in [0.4, 0.5) is 0 Å². The Morgan fingerprint density at radius 2 is 2.55 bits per heavy atom. The van der Waals surface area contributed by atoms with Gasteiger partial charge < -0.3 is 15.2 Å². The lowest BCUT2D eigenvalue weighted by Gasteiger charge is -2.21. The van der Waals surface area contributed by atoms with Crippen molar-refractivity contribution in [2.24, 2.45) is 0 Å². The van der Waals surface area contributed by atoms with Crippen LogP contribution in [0.2, 0.25) is 0 Å². The highest BCUT2D eigenvalue weighted by Gasteiger charge is 2.20. The van der Waals surface area contributed by atoms with Crippen molar-refractivity contribution in [1.82, 2.24) is 5.32 Å². The van der Waals surface area contributed by atoms with Gasteiger partial charge in [0.1, 0.15) is 6.61 Å². The summed E-state index contributed by atoms with van der Waals surface area (Å²) in [5.41, 5.74) is 0. The lowest BCUT2D eigenvalue weighted by atomic mass is 10.2. The number of hydrogen-bond donors (Lipinski definition) is 2. The molecule has 5 nitrogen and oxygen atoms in total. The number of carbonyl (C=O) groups is 2. The molecule has 0 saturated carbocycles. The molecule has 1 aliphatic rings. The van der Waals surface area contributed by atoms with Crippen LogP contribution in [0, 0.1) is 0 Å². The maximum absolute atomic E-state index is 10.6. The number of aliphatic carboxylic acids is 1. The smallest absolute Gasteiger partial charge is 0.305 e. The standard InChI is InChI=1S/C6H9NO4/c8-5-3-11-2-4(7-5)1-6(9)10/h4H,1-3H2,(H,7,8)(H,9,10). The Morgan fingerprint density at radius 3 is 3.09 bits per heavy atom. The van der Waals surface area contributed by atoms with Crippen molar-refractivity contribution in [3.63, 3.8) is 0 Å². The van der Waals surface area contributed by atoms with Crippen LogP contribution in [0.15, 0.2) is 0 Å². The summed E-state index contributed by atoms with van der Waals surface area (Å²) in [7, 11) is 0. The van der Waals surface area contributed by atoms with E-state index >= 15 is 0 Å². The molecule has 2 N–H and O–H groups in total. The average molecular weight is 159 g/mol. The minimum absolute atomic E-state index is 0.0378. The van der Waals surface area contributed by atoms with Crippen LogP contribution in [0.5, 0.6) is 0 Å². The summed E-state index contributed by atoms with van der Waals surface area (Å²) in [6.45, 7) is 0.328. The van der Waals surface area contributed by atoms with Gasteiger partial charge in [0.15, 0.2) is 0 Å². The molecule has 1 heterocycles. The van der Waals surface area contributed by atoms with Gasteiger partial charge in [-0.3, -0.25) is 9.59 Å². The highest BCUT2D eigenvalue weighted by Crippen LogP contribution is 1.98. The molecule has 0 aromatic carbocycles. The van der Waals surface area contributed by atoms with E-state index in [2.05, 4.69) is 5.32 Å². The number of carboxylic acids is 1. The maximum atomic E-state index is 10.6. The molecule has 1 fully saturated rings. The van der Waals surface area contributed by atoms with Crippen LogP contribution in [0.3, 0.4) is 0 Å². The summed E-state index contributed by atoms with van der Waals surface area (Å²) in [5.74, 6) is -1.18. The van der Waals surface area contributed by atoms with Gasteiger partial charge in [0, 0.05) is 0 Å². The molecule has 5 heteroatoms. The Bertz CT molecular complexity index is 177. The van der Waals surface area contributed by atoms with Crippen molar-refractivity contribution >= 4 is 11.9 Å². The lowest BCUT2D eigenvalue weighted by molar-refractivity contribution is -0.140. The molecule has 1 amide bonds. The first-order chi connectivity index (χ1) is 5.18. The number of carboxylic acid groups (broad SMARTS) is 1. The van der Waals surface area contributed by atoms with E-state index in [1.807, 2.05) is 0 Å². The first-order valence-corrected chi connectivity index (χ1v) is 3.27. The van der Waals surface area contributed by atoms with Crippen LogP contribution < -0.4 is 5.32 Å². The van der Waals surface area contributed by atoms with Crippen LogP contribution >= 0.6 is 0 Å². The van der Waals surface area contributed by atoms with Gasteiger partial charge in [0.25, 0.3) is 0 Å². The minimum Gasteiger partial charge on any atom is -0.481 e. The molecule has 0 aromatic heterocycles. The van der Waals surface area contributed by atoms with Crippen molar-refractivity contribution < 1.29 is 19.4 Å². The number of nitrogens with one attached hydrogen (secondary N) is 1. The molecule has 0 spiro atoms. The van der Waals surface area contributed by atoms with Crippen LogP contribution in [-0.2, 0) is 14.3 Å². The summed E-state index contributed by atoms with van der Waals surface area (Å²) < 4.78 is 4.82. The summed E-state index contributed by atoms with van der Waals surface area (Å²) in [6, 6.07) is -0.367. The van der Waals surface area contributed by atoms with Crippen molar-refractivity contribution in [1.29, 1.82) is 0 Å². The maximum Gasteiger partial charge on any atom is 0.305 e. The van der Waals surface area contributed by atoms with Crippen molar-refractivity contribution in [3.8, 4) is 0 Å². The Balaban J connectivity index is 2.34. The third-order valence-electron chi connectivity index (χ3n) is 1.34. The van der Waals surface area contributed by atoms with Gasteiger partial charge in [-0.15, -0.1) is 0 Å². The molecular formula is C6H9NO4. The first-order valence-electron chi connectivity index (χ1n) is 3.27. The second-order valence-corrected chi connectivity index (χ2v) is 2.38. The molecule has 62 valence electrons. The van der Waals surface area contributed by atoms with Crippen molar-refractivity contribution in [3.05, 3.63) is 0 Å². The summed E-state index contributed by atoms with van der Waals surface area (Å²) in [4.78, 5) is 20.8. The van der Waals surface area contributed by atoms with Crippen molar-refractivity contribution in [2.45, 2.75) is 12.5 Å². The van der Waals surface area contributed by atoms with Gasteiger partial charge in [0.2, 0.25) is 5.91 Å². The average Bonchev–Trinajstić information content (AvgIpc) is 1.85. The molecule has 1 aliphatic heterocycles. The van der Waals surface area contributed by atoms with Gasteiger partial charge in [-0.05, 0) is 0 Å². The number of amides is 1. The molecule has 0 radical (unpaired) electrons. The third kappa shape index (κ3) is 2.55. The number of morpholine rings is 1. The van der Waals surface area contributed by atoms with E-state index in [4.69, 9.17) is 9.84 Å². The summed E-state index contributed by atoms with van der Waals surface area (Å²) >= 11 is 0. The normalized spacial score (nSPS) is 24.4. The molecule has 0 aromatic rings. The topological polar surface area (TPSA) is 75.6 Å². The molecule has 1 saturated heterocycles. The Labute approximate surface area is 63.3 Å². The summed E-state index contributed by atoms with van der Waals surface area (Å²) in [6.07, 6.45) is -0.0776. The Morgan fingerprint density at radius 1 is 1.82 bits per heavy atom. The highest BCUT2D eigenvalue weighted by atomic mass is 16.5. The second kappa shape index (κ2) is 3.34. The van der Waals surface area contributed by atoms with Crippen LogP contribution in [-0.4, -0.2) is 36.2 Å². The van der Waals surface area contributed by atoms with Gasteiger partial charge in [-0.25, -0.2) is 0 Å². The zero-order valence-electron chi connectivity index (χ0n) is 5.87. The zero-order valence-corrected chi connectivity index (χ0v) is 5.87. The second-order valence-electron chi connectivity index (χ2n) is 2.38. The van der Waals surface area contributed by atoms with Gasteiger partial charge in [0.05, 0.1) is 19.1 Å². The fraction of sp³-hybridized carbons (Fsp3) is 0.667. The van der Waals surface area contributed by atoms with E-state index in [0.29, 0.717) is 0 Å². The molecule has 0 aliphatic carbocycles. The number of ether oxygens (including phenoxy) is 1. The molecule has 0 bridgehead atoms. The van der Waals surface area contributed by atoms with Gasteiger partial charge >= 0.3 is 5.97 Å². The zero-order chi connectivity index (χ0) is 8.27. The molecular weight excluding hydrogens is 150 g/mol. The van der Waals surface area contributed by atoms with Crippen molar-refractivity contribution in [2.75, 3.05) is 13.2 Å². The van der Waals surface area contributed by atoms with Gasteiger partial charge in [-0.1, -0.05) is 0 Å². The van der Waals surface area contributed by atoms with E-state index in [-0.39, 0.29) is 31.6 Å². The SMILES string of the molecule is O=C(O)CC1COCC(=O)N1. The number of hydrogen-bond acceptors (Lipinski definition) is 3. The fourth-order valence-electron chi connectivity index (χ4n) is 0.926. The third-order valence-corrected chi connectivity index (χ3v) is 1.34. The molecule has 1 atom stereocenters. The lowest BCUT2D eigenvalue weighted by Crippen LogP contribution is -2.46. The highest BCUT2D eigenvalue weighted by molar-refractivity contribution is 5.79. The minimum atomic E-state index is -0.930. The quantitative estimate of drug-likeness (QED) is 0.540. The Kier molecular flexibility index (Phi) is 2.43. The van der Waals surface area contributed by atoms with Gasteiger partial charge in [-0.2, -0.15) is 0 Å². The predicted molar refractivity (Wildman–Crippen MR) is 35.0 cm³/mol.